The number of tetrazole rings is 1. The third-order valence-electron chi connectivity index (χ3n) is 4.11. The van der Waals surface area contributed by atoms with Crippen LogP contribution in [0.1, 0.15) is 11.6 Å². The van der Waals surface area contributed by atoms with E-state index in [9.17, 15) is 4.79 Å². The Balaban J connectivity index is 1.62. The molecule has 140 valence electrons. The van der Waals surface area contributed by atoms with Gasteiger partial charge in [0.2, 0.25) is 5.91 Å². The molecule has 0 aliphatic heterocycles. The maximum absolute atomic E-state index is 13.0. The van der Waals surface area contributed by atoms with Crippen LogP contribution in [0, 0.1) is 0 Å². The molecule has 2 aromatic carbocycles. The van der Waals surface area contributed by atoms with Gasteiger partial charge >= 0.3 is 0 Å². The largest absolute Gasteiger partial charge is 0.492 e. The molecule has 0 radical (unpaired) electrons. The molecule has 0 aliphatic rings. The van der Waals surface area contributed by atoms with Crippen molar-refractivity contribution in [2.75, 3.05) is 20.2 Å². The second-order valence-electron chi connectivity index (χ2n) is 6.06. The van der Waals surface area contributed by atoms with Gasteiger partial charge in [-0.1, -0.05) is 48.0 Å². The summed E-state index contributed by atoms with van der Waals surface area (Å²) >= 11 is 5.95. The van der Waals surface area contributed by atoms with Crippen LogP contribution in [0.25, 0.3) is 0 Å². The van der Waals surface area contributed by atoms with Gasteiger partial charge in [-0.25, -0.2) is 4.68 Å². The first-order valence-electron chi connectivity index (χ1n) is 8.53. The molecule has 0 aliphatic carbocycles. The molecule has 0 N–H and O–H groups in total. The Hall–Kier alpha value is -2.93. The molecular weight excluding hydrogens is 366 g/mol. The van der Waals surface area contributed by atoms with Gasteiger partial charge in [-0.15, -0.1) is 5.10 Å². The number of halogens is 1. The van der Waals surface area contributed by atoms with Crippen LogP contribution in [0.5, 0.6) is 5.75 Å². The van der Waals surface area contributed by atoms with Crippen molar-refractivity contribution in [2.24, 2.45) is 0 Å². The lowest BCUT2D eigenvalue weighted by atomic mass is 10.1. The van der Waals surface area contributed by atoms with E-state index in [2.05, 4.69) is 15.5 Å². The van der Waals surface area contributed by atoms with Gasteiger partial charge in [-0.3, -0.25) is 4.79 Å². The second kappa shape index (κ2) is 9.14. The molecule has 8 heteroatoms. The van der Waals surface area contributed by atoms with Crippen molar-refractivity contribution >= 4 is 17.5 Å². The standard InChI is InChI=1S/C19H20ClN5O2/c1-24(10-11-27-17-9-5-8-16(20)13-17)19(26)18(25-14-21-22-23-25)12-15-6-3-2-4-7-15/h2-9,13-14,18H,10-12H2,1H3. The fraction of sp³-hybridized carbons (Fsp3) is 0.263. The van der Waals surface area contributed by atoms with Crippen LogP contribution in [-0.4, -0.2) is 51.2 Å². The summed E-state index contributed by atoms with van der Waals surface area (Å²) in [5.74, 6) is 0.588. The SMILES string of the molecule is CN(CCOc1cccc(Cl)c1)C(=O)C(Cc1ccccc1)n1cnnn1. The van der Waals surface area contributed by atoms with Crippen molar-refractivity contribution in [1.29, 1.82) is 0 Å². The van der Waals surface area contributed by atoms with Crippen LogP contribution in [0.15, 0.2) is 60.9 Å². The number of nitrogens with zero attached hydrogens (tertiary/aromatic N) is 5. The fourth-order valence-electron chi connectivity index (χ4n) is 2.66. The molecular formula is C19H20ClN5O2. The van der Waals surface area contributed by atoms with Gasteiger partial charge < -0.3 is 9.64 Å². The minimum atomic E-state index is -0.515. The first-order valence-corrected chi connectivity index (χ1v) is 8.91. The molecule has 0 bridgehead atoms. The van der Waals surface area contributed by atoms with Crippen molar-refractivity contribution in [1.82, 2.24) is 25.1 Å². The van der Waals surface area contributed by atoms with Crippen LogP contribution in [0.3, 0.4) is 0 Å². The van der Waals surface area contributed by atoms with Crippen molar-refractivity contribution in [2.45, 2.75) is 12.5 Å². The summed E-state index contributed by atoms with van der Waals surface area (Å²) in [6, 6.07) is 16.4. The van der Waals surface area contributed by atoms with Crippen LogP contribution < -0.4 is 4.74 Å². The Morgan fingerprint density at radius 1 is 1.22 bits per heavy atom. The molecule has 1 heterocycles. The molecule has 0 saturated carbocycles. The summed E-state index contributed by atoms with van der Waals surface area (Å²) in [6.45, 7) is 0.787. The third kappa shape index (κ3) is 5.27. The lowest BCUT2D eigenvalue weighted by Crippen LogP contribution is -2.38. The molecule has 27 heavy (non-hydrogen) atoms. The van der Waals surface area contributed by atoms with E-state index in [1.807, 2.05) is 42.5 Å². The Bertz CT molecular complexity index is 858. The number of rotatable bonds is 8. The summed E-state index contributed by atoms with van der Waals surface area (Å²) < 4.78 is 7.16. The molecule has 1 amide bonds. The predicted molar refractivity (Wildman–Crippen MR) is 102 cm³/mol. The normalized spacial score (nSPS) is 11.8. The highest BCUT2D eigenvalue weighted by atomic mass is 35.5. The average Bonchev–Trinajstić information content (AvgIpc) is 3.21. The number of hydrogen-bond acceptors (Lipinski definition) is 5. The van der Waals surface area contributed by atoms with Gasteiger partial charge in [0, 0.05) is 18.5 Å². The van der Waals surface area contributed by atoms with Crippen LogP contribution >= 0.6 is 11.6 Å². The molecule has 1 atom stereocenters. The van der Waals surface area contributed by atoms with Crippen LogP contribution in [-0.2, 0) is 11.2 Å². The van der Waals surface area contributed by atoms with E-state index in [-0.39, 0.29) is 5.91 Å². The molecule has 3 aromatic rings. The van der Waals surface area contributed by atoms with E-state index in [0.717, 1.165) is 5.56 Å². The zero-order valence-electron chi connectivity index (χ0n) is 14.9. The lowest BCUT2D eigenvalue weighted by molar-refractivity contribution is -0.134. The van der Waals surface area contributed by atoms with Gasteiger partial charge in [-0.2, -0.15) is 0 Å². The Morgan fingerprint density at radius 2 is 2.04 bits per heavy atom. The second-order valence-corrected chi connectivity index (χ2v) is 6.50. The van der Waals surface area contributed by atoms with E-state index in [0.29, 0.717) is 30.3 Å². The minimum Gasteiger partial charge on any atom is -0.492 e. The first kappa shape index (κ1) is 18.8. The van der Waals surface area contributed by atoms with Gasteiger partial charge in [-0.05, 0) is 34.2 Å². The maximum atomic E-state index is 13.0. The number of carbonyl (C=O) groups is 1. The van der Waals surface area contributed by atoms with Crippen molar-refractivity contribution in [3.8, 4) is 5.75 Å². The summed E-state index contributed by atoms with van der Waals surface area (Å²) in [7, 11) is 1.74. The first-order chi connectivity index (χ1) is 13.1. The van der Waals surface area contributed by atoms with Crippen molar-refractivity contribution in [3.63, 3.8) is 0 Å². The summed E-state index contributed by atoms with van der Waals surface area (Å²) in [5.41, 5.74) is 1.04. The zero-order valence-corrected chi connectivity index (χ0v) is 15.7. The monoisotopic (exact) mass is 385 g/mol. The van der Waals surface area contributed by atoms with E-state index in [1.54, 1.807) is 24.1 Å². The Kier molecular flexibility index (Phi) is 6.38. The van der Waals surface area contributed by atoms with E-state index in [1.165, 1.54) is 11.0 Å². The maximum Gasteiger partial charge on any atom is 0.247 e. The van der Waals surface area contributed by atoms with Crippen LogP contribution in [0.4, 0.5) is 0 Å². The quantitative estimate of drug-likeness (QED) is 0.596. The van der Waals surface area contributed by atoms with Gasteiger partial charge in [0.15, 0.2) is 0 Å². The third-order valence-corrected chi connectivity index (χ3v) is 4.34. The Labute approximate surface area is 162 Å². The fourth-order valence-corrected chi connectivity index (χ4v) is 2.84. The van der Waals surface area contributed by atoms with E-state index >= 15 is 0 Å². The summed E-state index contributed by atoms with van der Waals surface area (Å²) in [5, 5.41) is 11.8. The number of aromatic nitrogens is 4. The number of hydrogen-bond donors (Lipinski definition) is 0. The van der Waals surface area contributed by atoms with Crippen LogP contribution in [0.2, 0.25) is 5.02 Å². The summed E-state index contributed by atoms with van der Waals surface area (Å²) in [6.07, 6.45) is 1.96. The minimum absolute atomic E-state index is 0.0825. The smallest absolute Gasteiger partial charge is 0.247 e. The molecule has 7 nitrogen and oxygen atoms in total. The topological polar surface area (TPSA) is 73.1 Å². The van der Waals surface area contributed by atoms with E-state index in [4.69, 9.17) is 16.3 Å². The average molecular weight is 386 g/mol. The number of ether oxygens (including phenoxy) is 1. The number of carbonyl (C=O) groups excluding carboxylic acids is 1. The highest BCUT2D eigenvalue weighted by Crippen LogP contribution is 2.18. The molecule has 0 fully saturated rings. The zero-order chi connectivity index (χ0) is 19.1. The molecule has 3 rings (SSSR count). The molecule has 0 spiro atoms. The molecule has 1 unspecified atom stereocenters. The Morgan fingerprint density at radius 3 is 2.74 bits per heavy atom. The number of benzene rings is 2. The number of amides is 1. The summed E-state index contributed by atoms with van der Waals surface area (Å²) in [4.78, 5) is 14.6. The van der Waals surface area contributed by atoms with Gasteiger partial charge in [0.05, 0.1) is 6.54 Å². The van der Waals surface area contributed by atoms with Gasteiger partial charge in [0.1, 0.15) is 24.7 Å². The van der Waals surface area contributed by atoms with E-state index < -0.39 is 6.04 Å². The lowest BCUT2D eigenvalue weighted by Gasteiger charge is -2.23. The van der Waals surface area contributed by atoms with Crippen molar-refractivity contribution in [3.05, 3.63) is 71.5 Å². The molecule has 0 saturated heterocycles. The van der Waals surface area contributed by atoms with Crippen molar-refractivity contribution < 1.29 is 9.53 Å². The predicted octanol–water partition coefficient (Wildman–Crippen LogP) is 2.65. The number of likely N-dealkylation sites (N-methyl/N-ethyl adjacent to an activating group) is 1. The molecule has 1 aromatic heterocycles. The highest BCUT2D eigenvalue weighted by Gasteiger charge is 2.25. The van der Waals surface area contributed by atoms with Gasteiger partial charge in [0.25, 0.3) is 0 Å². The highest BCUT2D eigenvalue weighted by molar-refractivity contribution is 6.30.